The third kappa shape index (κ3) is 5.11. The normalized spacial score (nSPS) is 23.0. The summed E-state index contributed by atoms with van der Waals surface area (Å²) in [5, 5.41) is 0.599. The van der Waals surface area contributed by atoms with Crippen LogP contribution in [0.15, 0.2) is 22.1 Å². The fourth-order valence-electron chi connectivity index (χ4n) is 4.57. The van der Waals surface area contributed by atoms with Crippen LogP contribution in [0.25, 0.3) is 11.0 Å². The molecule has 178 valence electrons. The molecule has 2 atom stereocenters. The molecule has 2 aromatic rings. The molecule has 1 aliphatic heterocycles. The standard InChI is InChI=1S/C21H27FN6O4S/c1-33(31,32)27-7-6-13(17(22)12-27)10-24-21-25-11-15-8-14(9-18(23)29)20(30)28(19(15)26-21)16-4-2-3-5-16/h8,10-11,13,16-17H,2-7,9,12H2,1H3,(H2,23,29)/t13-,17+/m0/s1. The lowest BCUT2D eigenvalue weighted by Crippen LogP contribution is -2.44. The summed E-state index contributed by atoms with van der Waals surface area (Å²) in [5.41, 5.74) is 5.75. The zero-order valence-electron chi connectivity index (χ0n) is 18.4. The number of aliphatic imine (C=N–C) groups is 1. The average Bonchev–Trinajstić information content (AvgIpc) is 3.27. The van der Waals surface area contributed by atoms with Gasteiger partial charge in [0, 0.05) is 48.4 Å². The Bertz CT molecular complexity index is 1260. The van der Waals surface area contributed by atoms with E-state index in [1.165, 1.54) is 12.4 Å². The fourth-order valence-corrected chi connectivity index (χ4v) is 5.42. The predicted molar refractivity (Wildman–Crippen MR) is 122 cm³/mol. The number of carbonyl (C=O) groups excluding carboxylic acids is 1. The van der Waals surface area contributed by atoms with Gasteiger partial charge in [-0.2, -0.15) is 9.29 Å². The lowest BCUT2D eigenvalue weighted by atomic mass is 9.98. The lowest BCUT2D eigenvalue weighted by Gasteiger charge is -2.31. The monoisotopic (exact) mass is 478 g/mol. The first-order chi connectivity index (χ1) is 15.6. The van der Waals surface area contributed by atoms with E-state index >= 15 is 0 Å². The smallest absolute Gasteiger partial charge is 0.256 e. The Balaban J connectivity index is 1.65. The summed E-state index contributed by atoms with van der Waals surface area (Å²) in [7, 11) is -3.44. The van der Waals surface area contributed by atoms with Gasteiger partial charge in [0.05, 0.1) is 12.7 Å². The van der Waals surface area contributed by atoms with Crippen LogP contribution < -0.4 is 11.3 Å². The number of pyridine rings is 1. The van der Waals surface area contributed by atoms with E-state index in [4.69, 9.17) is 5.73 Å². The fraction of sp³-hybridized carbons (Fsp3) is 0.571. The Morgan fingerprint density at radius 1 is 1.33 bits per heavy atom. The molecular formula is C21H27FN6O4S. The molecular weight excluding hydrogens is 451 g/mol. The number of aromatic nitrogens is 3. The number of sulfonamides is 1. The Hall–Kier alpha value is -2.73. The van der Waals surface area contributed by atoms with Crippen LogP contribution in [-0.4, -0.2) is 64.9 Å². The van der Waals surface area contributed by atoms with Gasteiger partial charge >= 0.3 is 0 Å². The van der Waals surface area contributed by atoms with Gasteiger partial charge in [0.25, 0.3) is 11.5 Å². The van der Waals surface area contributed by atoms with Crippen molar-refractivity contribution in [2.75, 3.05) is 19.3 Å². The molecule has 0 spiro atoms. The Kier molecular flexibility index (Phi) is 6.57. The molecule has 0 radical (unpaired) electrons. The van der Waals surface area contributed by atoms with E-state index in [1.54, 1.807) is 10.6 Å². The SMILES string of the molecule is CS(=O)(=O)N1CC[C@@H](C=Nc2ncc3cc(CC(N)=O)c(=O)n(C4CCCC4)c3n2)[C@H](F)C1. The summed E-state index contributed by atoms with van der Waals surface area (Å²) >= 11 is 0. The molecule has 2 fully saturated rings. The highest BCUT2D eigenvalue weighted by Gasteiger charge is 2.32. The Morgan fingerprint density at radius 3 is 2.70 bits per heavy atom. The first kappa shape index (κ1) is 23.4. The summed E-state index contributed by atoms with van der Waals surface area (Å²) in [6.07, 6.45) is 6.44. The molecule has 2 aromatic heterocycles. The first-order valence-corrected chi connectivity index (χ1v) is 12.8. The van der Waals surface area contributed by atoms with E-state index < -0.39 is 28.0 Å². The van der Waals surface area contributed by atoms with Gasteiger partial charge in [-0.05, 0) is 25.3 Å². The van der Waals surface area contributed by atoms with Crippen molar-refractivity contribution in [1.29, 1.82) is 0 Å². The van der Waals surface area contributed by atoms with Crippen molar-refractivity contribution in [3.05, 3.63) is 28.2 Å². The minimum atomic E-state index is -3.44. The van der Waals surface area contributed by atoms with Crippen molar-refractivity contribution >= 4 is 39.1 Å². The van der Waals surface area contributed by atoms with Crippen molar-refractivity contribution < 1.29 is 17.6 Å². The van der Waals surface area contributed by atoms with Gasteiger partial charge in [-0.15, -0.1) is 0 Å². The van der Waals surface area contributed by atoms with Crippen molar-refractivity contribution in [1.82, 2.24) is 18.8 Å². The highest BCUT2D eigenvalue weighted by molar-refractivity contribution is 7.88. The minimum absolute atomic E-state index is 0.0323. The first-order valence-electron chi connectivity index (χ1n) is 11.0. The summed E-state index contributed by atoms with van der Waals surface area (Å²) < 4.78 is 40.6. The number of nitrogens with two attached hydrogens (primary N) is 1. The predicted octanol–water partition coefficient (Wildman–Crippen LogP) is 1.26. The van der Waals surface area contributed by atoms with Gasteiger partial charge in [-0.1, -0.05) is 12.8 Å². The Morgan fingerprint density at radius 2 is 2.06 bits per heavy atom. The van der Waals surface area contributed by atoms with Crippen LogP contribution in [0.5, 0.6) is 0 Å². The van der Waals surface area contributed by atoms with Crippen LogP contribution in [-0.2, 0) is 21.2 Å². The number of hydrogen-bond donors (Lipinski definition) is 1. The number of primary amides is 1. The number of alkyl halides is 1. The highest BCUT2D eigenvalue weighted by atomic mass is 32.2. The van der Waals surface area contributed by atoms with E-state index in [2.05, 4.69) is 15.0 Å². The third-order valence-corrected chi connectivity index (χ3v) is 7.56. The Labute approximate surface area is 190 Å². The second-order valence-electron chi connectivity index (χ2n) is 8.74. The molecule has 4 rings (SSSR count). The van der Waals surface area contributed by atoms with Crippen molar-refractivity contribution in [3.8, 4) is 0 Å². The molecule has 2 aliphatic rings. The van der Waals surface area contributed by atoms with Crippen LogP contribution in [0.3, 0.4) is 0 Å². The molecule has 3 heterocycles. The lowest BCUT2D eigenvalue weighted by molar-refractivity contribution is -0.117. The van der Waals surface area contributed by atoms with Gasteiger partial charge < -0.3 is 5.73 Å². The highest BCUT2D eigenvalue weighted by Crippen LogP contribution is 2.31. The third-order valence-electron chi connectivity index (χ3n) is 6.29. The summed E-state index contributed by atoms with van der Waals surface area (Å²) in [6.45, 7) is 0.0103. The molecule has 1 aliphatic carbocycles. The number of carbonyl (C=O) groups is 1. The van der Waals surface area contributed by atoms with Gasteiger partial charge in [-0.3, -0.25) is 14.2 Å². The van der Waals surface area contributed by atoms with E-state index in [-0.39, 0.29) is 37.1 Å². The van der Waals surface area contributed by atoms with E-state index in [0.29, 0.717) is 23.0 Å². The van der Waals surface area contributed by atoms with Crippen molar-refractivity contribution in [2.24, 2.45) is 16.6 Å². The number of amides is 1. The molecule has 1 saturated heterocycles. The molecule has 33 heavy (non-hydrogen) atoms. The number of fused-ring (bicyclic) bond motifs is 1. The summed E-state index contributed by atoms with van der Waals surface area (Å²) in [6, 6.07) is 1.55. The van der Waals surface area contributed by atoms with Gasteiger partial charge in [-0.25, -0.2) is 22.8 Å². The van der Waals surface area contributed by atoms with E-state index in [0.717, 1.165) is 36.2 Å². The van der Waals surface area contributed by atoms with Crippen molar-refractivity contribution in [2.45, 2.75) is 50.7 Å². The molecule has 2 N–H and O–H groups in total. The average molecular weight is 479 g/mol. The second kappa shape index (κ2) is 9.26. The quantitative estimate of drug-likeness (QED) is 0.620. The van der Waals surface area contributed by atoms with Crippen LogP contribution >= 0.6 is 0 Å². The molecule has 0 aromatic carbocycles. The summed E-state index contributed by atoms with van der Waals surface area (Å²) in [5.74, 6) is -1.06. The number of rotatable bonds is 6. The van der Waals surface area contributed by atoms with Gasteiger partial charge in [0.2, 0.25) is 15.9 Å². The maximum atomic E-state index is 14.5. The minimum Gasteiger partial charge on any atom is -0.369 e. The molecule has 1 amide bonds. The maximum absolute atomic E-state index is 14.5. The van der Waals surface area contributed by atoms with Crippen LogP contribution in [0.1, 0.15) is 43.7 Å². The summed E-state index contributed by atoms with van der Waals surface area (Å²) in [4.78, 5) is 37.5. The largest absolute Gasteiger partial charge is 0.369 e. The van der Waals surface area contributed by atoms with E-state index in [9.17, 15) is 22.4 Å². The molecule has 1 saturated carbocycles. The topological polar surface area (TPSA) is 141 Å². The van der Waals surface area contributed by atoms with Crippen LogP contribution in [0, 0.1) is 5.92 Å². The van der Waals surface area contributed by atoms with Gasteiger partial charge in [0.1, 0.15) is 11.8 Å². The van der Waals surface area contributed by atoms with E-state index in [1.807, 2.05) is 0 Å². The number of halogens is 1. The molecule has 12 heteroatoms. The number of hydrogen-bond acceptors (Lipinski definition) is 7. The number of piperidine rings is 1. The van der Waals surface area contributed by atoms with Crippen molar-refractivity contribution in [3.63, 3.8) is 0 Å². The van der Waals surface area contributed by atoms with Gasteiger partial charge in [0.15, 0.2) is 0 Å². The second-order valence-corrected chi connectivity index (χ2v) is 10.7. The zero-order valence-corrected chi connectivity index (χ0v) is 19.2. The van der Waals surface area contributed by atoms with Crippen LogP contribution in [0.2, 0.25) is 0 Å². The molecule has 0 unspecified atom stereocenters. The molecule has 0 bridgehead atoms. The zero-order chi connectivity index (χ0) is 23.8. The van der Waals surface area contributed by atoms with Crippen LogP contribution in [0.4, 0.5) is 10.3 Å². The molecule has 10 nitrogen and oxygen atoms in total. The maximum Gasteiger partial charge on any atom is 0.256 e. The number of nitrogens with zero attached hydrogens (tertiary/aromatic N) is 5.